The van der Waals surface area contributed by atoms with Crippen LogP contribution in [0.1, 0.15) is 227 Å². The van der Waals surface area contributed by atoms with Crippen LogP contribution in [0, 0.1) is 23.7 Å². The van der Waals surface area contributed by atoms with Gasteiger partial charge in [-0.2, -0.15) is 0 Å². The van der Waals surface area contributed by atoms with Crippen LogP contribution in [0.5, 0.6) is 0 Å². The number of rotatable bonds is 34. The highest BCUT2D eigenvalue weighted by atomic mass is 16.5. The van der Waals surface area contributed by atoms with Gasteiger partial charge in [-0.15, -0.1) is 0 Å². The third-order valence-corrected chi connectivity index (χ3v) is 11.1. The monoisotopic (exact) mass is 689 g/mol. The van der Waals surface area contributed by atoms with E-state index in [1.807, 2.05) is 0 Å². The highest BCUT2D eigenvalue weighted by Crippen LogP contribution is 2.33. The van der Waals surface area contributed by atoms with Crippen molar-refractivity contribution in [2.24, 2.45) is 23.7 Å². The maximum atomic E-state index is 13.6. The van der Waals surface area contributed by atoms with Gasteiger partial charge in [-0.3, -0.25) is 9.59 Å². The molecule has 49 heavy (non-hydrogen) atoms. The summed E-state index contributed by atoms with van der Waals surface area (Å²) in [4.78, 5) is 27.2. The van der Waals surface area contributed by atoms with E-state index in [0.717, 1.165) is 25.7 Å². The van der Waals surface area contributed by atoms with Crippen molar-refractivity contribution in [1.82, 2.24) is 0 Å². The van der Waals surface area contributed by atoms with Crippen LogP contribution in [0.4, 0.5) is 0 Å². The Kier molecular flexibility index (Phi) is 30.4. The number of carbonyl (C=O) groups excluding carboxylic acids is 2. The Labute approximate surface area is 306 Å². The first-order chi connectivity index (χ1) is 24.0. The lowest BCUT2D eigenvalue weighted by Crippen LogP contribution is -2.35. The Bertz CT molecular complexity index is 804. The van der Waals surface area contributed by atoms with Crippen molar-refractivity contribution in [2.45, 2.75) is 227 Å². The van der Waals surface area contributed by atoms with Gasteiger partial charge in [-0.05, 0) is 57.3 Å². The minimum atomic E-state index is -0.421. The zero-order valence-electron chi connectivity index (χ0n) is 33.6. The first-order valence-electron chi connectivity index (χ1n) is 21.9. The molecule has 4 nitrogen and oxygen atoms in total. The largest absolute Gasteiger partial charge is 0.465 e. The molecule has 1 rings (SSSR count). The van der Waals surface area contributed by atoms with Gasteiger partial charge in [0.05, 0.1) is 25.0 Å². The lowest BCUT2D eigenvalue weighted by molar-refractivity contribution is -0.162. The zero-order valence-corrected chi connectivity index (χ0v) is 33.6. The van der Waals surface area contributed by atoms with E-state index in [1.165, 1.54) is 160 Å². The van der Waals surface area contributed by atoms with Crippen molar-refractivity contribution in [2.75, 3.05) is 13.2 Å². The van der Waals surface area contributed by atoms with E-state index in [9.17, 15) is 9.59 Å². The van der Waals surface area contributed by atoms with Crippen LogP contribution >= 0.6 is 0 Å². The van der Waals surface area contributed by atoms with Crippen molar-refractivity contribution in [3.63, 3.8) is 0 Å². The second-order valence-electron chi connectivity index (χ2n) is 15.9. The van der Waals surface area contributed by atoms with Gasteiger partial charge in [0, 0.05) is 0 Å². The molecule has 0 saturated carbocycles. The summed E-state index contributed by atoms with van der Waals surface area (Å²) >= 11 is 0. The average molecular weight is 689 g/mol. The first kappa shape index (κ1) is 45.7. The quantitative estimate of drug-likeness (QED) is 0.0383. The predicted molar refractivity (Wildman–Crippen MR) is 211 cm³/mol. The van der Waals surface area contributed by atoms with E-state index in [4.69, 9.17) is 9.47 Å². The van der Waals surface area contributed by atoms with E-state index in [0.29, 0.717) is 37.9 Å². The lowest BCUT2D eigenvalue weighted by Gasteiger charge is -2.29. The van der Waals surface area contributed by atoms with E-state index in [1.54, 1.807) is 0 Å². The number of unbranched alkanes of at least 4 members (excludes halogenated alkanes) is 20. The van der Waals surface area contributed by atoms with E-state index < -0.39 is 11.8 Å². The minimum Gasteiger partial charge on any atom is -0.465 e. The molecule has 4 heteroatoms. The minimum absolute atomic E-state index is 0.180. The average Bonchev–Trinajstić information content (AvgIpc) is 3.10. The Hall–Kier alpha value is -1.32. The fourth-order valence-electron chi connectivity index (χ4n) is 7.66. The molecular weight excluding hydrogens is 604 g/mol. The van der Waals surface area contributed by atoms with E-state index in [2.05, 4.69) is 40.7 Å². The molecule has 0 radical (unpaired) electrons. The molecular formula is C45H84O4. The summed E-state index contributed by atoms with van der Waals surface area (Å²) in [5.41, 5.74) is 1.19. The summed E-state index contributed by atoms with van der Waals surface area (Å²) in [6.45, 7) is 12.2. The van der Waals surface area contributed by atoms with Gasteiger partial charge < -0.3 is 9.47 Å². The number of hydrogen-bond donors (Lipinski definition) is 0. The van der Waals surface area contributed by atoms with Gasteiger partial charge in [0.15, 0.2) is 0 Å². The molecule has 0 aromatic heterocycles. The Morgan fingerprint density at radius 1 is 0.510 bits per heavy atom. The second kappa shape index (κ2) is 32.6. The molecule has 1 aliphatic carbocycles. The molecule has 0 bridgehead atoms. The third-order valence-electron chi connectivity index (χ3n) is 11.1. The van der Waals surface area contributed by atoms with Gasteiger partial charge in [-0.25, -0.2) is 0 Å². The molecule has 0 fully saturated rings. The number of hydrogen-bond acceptors (Lipinski definition) is 4. The SMILES string of the molecule is CCCCCCCCCC(CCCCCCC)COC(=O)C1CC=C(C)CC1C(=O)OCC(CCCCCCC)CCCCCCCCC. The van der Waals surface area contributed by atoms with Gasteiger partial charge in [0.1, 0.15) is 0 Å². The van der Waals surface area contributed by atoms with Crippen molar-refractivity contribution in [1.29, 1.82) is 0 Å². The summed E-state index contributed by atoms with van der Waals surface area (Å²) in [6.07, 6.45) is 38.9. The molecule has 288 valence electrons. The number of ether oxygens (including phenoxy) is 2. The van der Waals surface area contributed by atoms with Crippen LogP contribution < -0.4 is 0 Å². The maximum absolute atomic E-state index is 13.6. The van der Waals surface area contributed by atoms with Gasteiger partial charge >= 0.3 is 11.9 Å². The van der Waals surface area contributed by atoms with Gasteiger partial charge in [0.2, 0.25) is 0 Å². The van der Waals surface area contributed by atoms with E-state index in [-0.39, 0.29) is 11.9 Å². The standard InChI is InChI=1S/C45H84O4/c1-6-10-14-18-20-24-28-32-40(30-26-22-16-12-8-3)37-48-44(46)42-35-34-39(5)36-43(42)45(47)49-38-41(31-27-23-17-13-9-4)33-29-25-21-19-15-11-7-2/h34,40-43H,6-33,35-38H2,1-5H3. The molecule has 0 N–H and O–H groups in total. The Morgan fingerprint density at radius 2 is 0.816 bits per heavy atom. The topological polar surface area (TPSA) is 52.6 Å². The molecule has 0 heterocycles. The van der Waals surface area contributed by atoms with Crippen molar-refractivity contribution in [3.8, 4) is 0 Å². The third kappa shape index (κ3) is 24.5. The van der Waals surface area contributed by atoms with Crippen molar-refractivity contribution >= 4 is 11.9 Å². The molecule has 0 aromatic rings. The van der Waals surface area contributed by atoms with Crippen LogP contribution in [0.25, 0.3) is 0 Å². The van der Waals surface area contributed by atoms with E-state index >= 15 is 0 Å². The molecule has 0 amide bonds. The highest BCUT2D eigenvalue weighted by Gasteiger charge is 2.38. The summed E-state index contributed by atoms with van der Waals surface area (Å²) in [5, 5.41) is 0. The summed E-state index contributed by atoms with van der Waals surface area (Å²) in [6, 6.07) is 0. The van der Waals surface area contributed by atoms with Gasteiger partial charge in [0.25, 0.3) is 0 Å². The summed E-state index contributed by atoms with van der Waals surface area (Å²) in [5.74, 6) is -0.349. The van der Waals surface area contributed by atoms with Gasteiger partial charge in [-0.1, -0.05) is 193 Å². The fourth-order valence-corrected chi connectivity index (χ4v) is 7.66. The predicted octanol–water partition coefficient (Wildman–Crippen LogP) is 14.3. The van der Waals surface area contributed by atoms with Crippen LogP contribution in [0.3, 0.4) is 0 Å². The molecule has 4 atom stereocenters. The molecule has 0 aliphatic heterocycles. The number of allylic oxidation sites excluding steroid dienone is 2. The Balaban J connectivity index is 2.70. The molecule has 1 aliphatic rings. The smallest absolute Gasteiger partial charge is 0.310 e. The second-order valence-corrected chi connectivity index (χ2v) is 15.9. The van der Waals surface area contributed by atoms with Crippen LogP contribution in [-0.2, 0) is 19.1 Å². The summed E-state index contributed by atoms with van der Waals surface area (Å²) in [7, 11) is 0. The maximum Gasteiger partial charge on any atom is 0.310 e. The molecule has 0 spiro atoms. The molecule has 0 aromatic carbocycles. The molecule has 4 unspecified atom stereocenters. The number of esters is 2. The zero-order chi connectivity index (χ0) is 35.8. The van der Waals surface area contributed by atoms with Crippen molar-refractivity contribution in [3.05, 3.63) is 11.6 Å². The Morgan fingerprint density at radius 3 is 1.16 bits per heavy atom. The summed E-state index contributed by atoms with van der Waals surface area (Å²) < 4.78 is 12.2. The number of carbonyl (C=O) groups is 2. The van der Waals surface area contributed by atoms with Crippen LogP contribution in [-0.4, -0.2) is 25.2 Å². The fraction of sp³-hybridized carbons (Fsp3) is 0.911. The first-order valence-corrected chi connectivity index (χ1v) is 21.9. The van der Waals surface area contributed by atoms with Crippen LogP contribution in [0.15, 0.2) is 11.6 Å². The lowest BCUT2D eigenvalue weighted by atomic mass is 9.80. The van der Waals surface area contributed by atoms with Crippen LogP contribution in [0.2, 0.25) is 0 Å². The normalized spacial score (nSPS) is 17.4. The highest BCUT2D eigenvalue weighted by molar-refractivity contribution is 5.83. The van der Waals surface area contributed by atoms with Crippen molar-refractivity contribution < 1.29 is 19.1 Å². The molecule has 0 saturated heterocycles.